The molecule has 0 aromatic heterocycles. The SMILES string of the molecule is CN1CCC(CN2CCC(C(=O)N3CCC(C(=O)c4c(F)cc(F)cc4F)CC3)CC2)C1. The van der Waals surface area contributed by atoms with Crippen molar-refractivity contribution in [1.82, 2.24) is 14.7 Å². The van der Waals surface area contributed by atoms with Gasteiger partial charge in [-0.15, -0.1) is 0 Å². The first-order valence-electron chi connectivity index (χ1n) is 11.7. The van der Waals surface area contributed by atoms with Crippen LogP contribution in [0.4, 0.5) is 13.2 Å². The average molecular weight is 452 g/mol. The summed E-state index contributed by atoms with van der Waals surface area (Å²) in [4.78, 5) is 32.3. The van der Waals surface area contributed by atoms with E-state index in [0.29, 0.717) is 38.1 Å². The van der Waals surface area contributed by atoms with Crippen LogP contribution in [0, 0.1) is 35.2 Å². The number of halogens is 3. The van der Waals surface area contributed by atoms with Gasteiger partial charge in [-0.3, -0.25) is 9.59 Å². The molecule has 3 heterocycles. The van der Waals surface area contributed by atoms with E-state index in [2.05, 4.69) is 16.8 Å². The lowest BCUT2D eigenvalue weighted by atomic mass is 9.87. The lowest BCUT2D eigenvalue weighted by molar-refractivity contribution is -0.138. The monoisotopic (exact) mass is 451 g/mol. The van der Waals surface area contributed by atoms with Crippen molar-refractivity contribution in [1.29, 1.82) is 0 Å². The number of nitrogens with zero attached hydrogens (tertiary/aromatic N) is 3. The van der Waals surface area contributed by atoms with Crippen molar-refractivity contribution >= 4 is 11.7 Å². The maximum absolute atomic E-state index is 14.0. The van der Waals surface area contributed by atoms with Crippen molar-refractivity contribution in [3.63, 3.8) is 0 Å². The second-order valence-electron chi connectivity index (χ2n) is 9.70. The maximum Gasteiger partial charge on any atom is 0.225 e. The van der Waals surface area contributed by atoms with Crippen molar-refractivity contribution in [3.05, 3.63) is 35.1 Å². The van der Waals surface area contributed by atoms with E-state index in [0.717, 1.165) is 44.9 Å². The molecule has 8 heteroatoms. The van der Waals surface area contributed by atoms with Crippen LogP contribution in [0.3, 0.4) is 0 Å². The minimum Gasteiger partial charge on any atom is -0.342 e. The number of amides is 1. The molecule has 176 valence electrons. The van der Waals surface area contributed by atoms with Crippen LogP contribution in [0.5, 0.6) is 0 Å². The number of piperidine rings is 2. The zero-order valence-electron chi connectivity index (χ0n) is 18.7. The predicted molar refractivity (Wildman–Crippen MR) is 115 cm³/mol. The summed E-state index contributed by atoms with van der Waals surface area (Å²) in [7, 11) is 2.16. The summed E-state index contributed by atoms with van der Waals surface area (Å²) in [5, 5.41) is 0. The van der Waals surface area contributed by atoms with E-state index in [1.54, 1.807) is 4.90 Å². The van der Waals surface area contributed by atoms with E-state index in [1.807, 2.05) is 0 Å². The van der Waals surface area contributed by atoms with Crippen molar-refractivity contribution in [2.75, 3.05) is 52.9 Å². The van der Waals surface area contributed by atoms with Gasteiger partial charge in [0.15, 0.2) is 5.78 Å². The lowest BCUT2D eigenvalue weighted by Crippen LogP contribution is -2.47. The van der Waals surface area contributed by atoms with Crippen LogP contribution in [0.15, 0.2) is 12.1 Å². The molecule has 3 fully saturated rings. The fraction of sp³-hybridized carbons (Fsp3) is 0.667. The molecule has 1 atom stereocenters. The summed E-state index contributed by atoms with van der Waals surface area (Å²) < 4.78 is 41.1. The summed E-state index contributed by atoms with van der Waals surface area (Å²) in [6.07, 6.45) is 3.69. The standard InChI is InChI=1S/C24H32F3N3O2/c1-28-7-2-16(14-28)15-29-8-3-18(4-9-29)24(32)30-10-5-17(6-11-30)23(31)22-20(26)12-19(25)13-21(22)27/h12-13,16-18H,2-11,14-15H2,1H3. The summed E-state index contributed by atoms with van der Waals surface area (Å²) >= 11 is 0. The highest BCUT2D eigenvalue weighted by atomic mass is 19.1. The number of benzene rings is 1. The molecule has 0 aliphatic carbocycles. The molecule has 32 heavy (non-hydrogen) atoms. The Balaban J connectivity index is 1.25. The van der Waals surface area contributed by atoms with E-state index in [-0.39, 0.29) is 11.8 Å². The molecule has 0 spiro atoms. The molecule has 0 saturated carbocycles. The van der Waals surface area contributed by atoms with E-state index >= 15 is 0 Å². The molecule has 3 aliphatic rings. The summed E-state index contributed by atoms with van der Waals surface area (Å²) in [5.41, 5.74) is -0.669. The lowest BCUT2D eigenvalue weighted by Gasteiger charge is -2.37. The van der Waals surface area contributed by atoms with Gasteiger partial charge < -0.3 is 14.7 Å². The highest BCUT2D eigenvalue weighted by molar-refractivity contribution is 5.98. The third kappa shape index (κ3) is 5.17. The molecule has 0 bridgehead atoms. The quantitative estimate of drug-likeness (QED) is 0.645. The molecule has 3 saturated heterocycles. The number of carbonyl (C=O) groups excluding carboxylic acids is 2. The van der Waals surface area contributed by atoms with Gasteiger partial charge in [-0.1, -0.05) is 0 Å². The third-order valence-corrected chi connectivity index (χ3v) is 7.37. The van der Waals surface area contributed by atoms with Crippen LogP contribution >= 0.6 is 0 Å². The van der Waals surface area contributed by atoms with Crippen LogP contribution in [0.1, 0.15) is 42.5 Å². The molecule has 0 N–H and O–H groups in total. The summed E-state index contributed by atoms with van der Waals surface area (Å²) in [5.74, 6) is -3.70. The third-order valence-electron chi connectivity index (χ3n) is 7.37. The Labute approximate surface area is 187 Å². The average Bonchev–Trinajstić information content (AvgIpc) is 3.17. The van der Waals surface area contributed by atoms with Gasteiger partial charge in [0.05, 0.1) is 5.56 Å². The van der Waals surface area contributed by atoms with Gasteiger partial charge in [-0.05, 0) is 64.7 Å². The Morgan fingerprint density at radius 2 is 1.47 bits per heavy atom. The summed E-state index contributed by atoms with van der Waals surface area (Å²) in [6, 6.07) is 1.07. The van der Waals surface area contributed by atoms with Gasteiger partial charge in [0.1, 0.15) is 17.5 Å². The molecule has 1 aromatic carbocycles. The van der Waals surface area contributed by atoms with Crippen LogP contribution in [0.2, 0.25) is 0 Å². The molecule has 1 unspecified atom stereocenters. The maximum atomic E-state index is 14.0. The number of hydrogen-bond donors (Lipinski definition) is 0. The summed E-state index contributed by atoms with van der Waals surface area (Å²) in [6.45, 7) is 6.12. The van der Waals surface area contributed by atoms with Crippen molar-refractivity contribution in [2.24, 2.45) is 17.8 Å². The minimum absolute atomic E-state index is 0.0109. The van der Waals surface area contributed by atoms with Crippen LogP contribution < -0.4 is 0 Å². The zero-order chi connectivity index (χ0) is 22.8. The number of rotatable bonds is 5. The number of hydrogen-bond acceptors (Lipinski definition) is 4. The zero-order valence-corrected chi connectivity index (χ0v) is 18.7. The Bertz CT molecular complexity index is 826. The largest absolute Gasteiger partial charge is 0.342 e. The Hall–Kier alpha value is -1.93. The molecule has 1 amide bonds. The highest BCUT2D eigenvalue weighted by Crippen LogP contribution is 2.28. The van der Waals surface area contributed by atoms with Gasteiger partial charge in [0.25, 0.3) is 0 Å². The molecule has 4 rings (SSSR count). The first-order chi connectivity index (χ1) is 15.3. The van der Waals surface area contributed by atoms with E-state index in [1.165, 1.54) is 13.0 Å². The molecule has 0 radical (unpaired) electrons. The second kappa shape index (κ2) is 9.91. The molecule has 1 aromatic rings. The Morgan fingerprint density at radius 3 is 2.03 bits per heavy atom. The normalized spacial score (nSPS) is 24.2. The number of carbonyl (C=O) groups is 2. The topological polar surface area (TPSA) is 43.9 Å². The highest BCUT2D eigenvalue weighted by Gasteiger charge is 2.35. The van der Waals surface area contributed by atoms with E-state index in [4.69, 9.17) is 0 Å². The molecule has 5 nitrogen and oxygen atoms in total. The van der Waals surface area contributed by atoms with Crippen molar-refractivity contribution in [3.8, 4) is 0 Å². The number of ketones is 1. The molecular weight excluding hydrogens is 419 g/mol. The Morgan fingerprint density at radius 1 is 0.875 bits per heavy atom. The minimum atomic E-state index is -1.16. The fourth-order valence-electron chi connectivity index (χ4n) is 5.50. The van der Waals surface area contributed by atoms with E-state index in [9.17, 15) is 22.8 Å². The van der Waals surface area contributed by atoms with Gasteiger partial charge in [0, 0.05) is 50.1 Å². The number of Topliss-reactive ketones (excluding diaryl/α,β-unsaturated/α-hetero) is 1. The van der Waals surface area contributed by atoms with Crippen molar-refractivity contribution < 1.29 is 22.8 Å². The molecule has 3 aliphatic heterocycles. The smallest absolute Gasteiger partial charge is 0.225 e. The van der Waals surface area contributed by atoms with Gasteiger partial charge in [-0.25, -0.2) is 13.2 Å². The van der Waals surface area contributed by atoms with Crippen LogP contribution in [-0.2, 0) is 4.79 Å². The number of likely N-dealkylation sites (tertiary alicyclic amines) is 3. The van der Waals surface area contributed by atoms with E-state index < -0.39 is 34.7 Å². The first kappa shape index (κ1) is 23.2. The molecular formula is C24H32F3N3O2. The van der Waals surface area contributed by atoms with Crippen LogP contribution in [-0.4, -0.2) is 79.3 Å². The first-order valence-corrected chi connectivity index (χ1v) is 11.7. The van der Waals surface area contributed by atoms with Crippen LogP contribution in [0.25, 0.3) is 0 Å². The van der Waals surface area contributed by atoms with Gasteiger partial charge in [-0.2, -0.15) is 0 Å². The van der Waals surface area contributed by atoms with Crippen molar-refractivity contribution in [2.45, 2.75) is 32.1 Å². The Kier molecular flexibility index (Phi) is 7.20. The van der Waals surface area contributed by atoms with Gasteiger partial charge in [0.2, 0.25) is 5.91 Å². The fourth-order valence-corrected chi connectivity index (χ4v) is 5.50. The van der Waals surface area contributed by atoms with Gasteiger partial charge >= 0.3 is 0 Å². The second-order valence-corrected chi connectivity index (χ2v) is 9.70. The predicted octanol–water partition coefficient (Wildman–Crippen LogP) is 3.19.